The molecule has 2 heteroatoms. The van der Waals surface area contributed by atoms with Crippen LogP contribution in [-0.2, 0) is 0 Å². The van der Waals surface area contributed by atoms with Crippen LogP contribution in [0.5, 0.6) is 0 Å². The fourth-order valence-corrected chi connectivity index (χ4v) is 1.20. The minimum atomic E-state index is 0.545. The lowest BCUT2D eigenvalue weighted by Crippen LogP contribution is -2.28. The van der Waals surface area contributed by atoms with Gasteiger partial charge in [-0.3, -0.25) is 0 Å². The Labute approximate surface area is 95.7 Å². The van der Waals surface area contributed by atoms with E-state index in [0.29, 0.717) is 12.0 Å². The largest absolute Gasteiger partial charge is 0.389 e. The first-order chi connectivity index (χ1) is 6.95. The fraction of sp³-hybridized carbons (Fsp3) is 0.846. The molecule has 0 aromatic rings. The second-order valence-corrected chi connectivity index (χ2v) is 4.89. The summed E-state index contributed by atoms with van der Waals surface area (Å²) in [6.07, 6.45) is 2.48. The Morgan fingerprint density at radius 2 is 1.80 bits per heavy atom. The molecule has 2 nitrogen and oxygen atoms in total. The molecule has 15 heavy (non-hydrogen) atoms. The minimum Gasteiger partial charge on any atom is -0.389 e. The molecule has 1 N–H and O–H groups in total. The number of allylic oxidation sites excluding steroid dienone is 1. The van der Waals surface area contributed by atoms with Crippen LogP contribution in [0.15, 0.2) is 12.3 Å². The van der Waals surface area contributed by atoms with E-state index in [1.165, 1.54) is 19.4 Å². The van der Waals surface area contributed by atoms with Gasteiger partial charge in [0.15, 0.2) is 0 Å². The van der Waals surface area contributed by atoms with Gasteiger partial charge < -0.3 is 10.2 Å². The van der Waals surface area contributed by atoms with E-state index in [0.717, 1.165) is 12.2 Å². The van der Waals surface area contributed by atoms with Gasteiger partial charge in [-0.25, -0.2) is 0 Å². The van der Waals surface area contributed by atoms with Crippen LogP contribution in [0, 0.1) is 5.92 Å². The zero-order chi connectivity index (χ0) is 11.8. The van der Waals surface area contributed by atoms with Gasteiger partial charge in [0, 0.05) is 18.3 Å². The first-order valence-corrected chi connectivity index (χ1v) is 6.08. The van der Waals surface area contributed by atoms with E-state index >= 15 is 0 Å². The molecule has 0 saturated carbocycles. The van der Waals surface area contributed by atoms with E-state index in [4.69, 9.17) is 0 Å². The summed E-state index contributed by atoms with van der Waals surface area (Å²) in [5.41, 5.74) is 1.16. The molecule has 0 amide bonds. The summed E-state index contributed by atoms with van der Waals surface area (Å²) in [6, 6.07) is 0.656. The predicted molar refractivity (Wildman–Crippen MR) is 69.0 cm³/mol. The lowest BCUT2D eigenvalue weighted by Gasteiger charge is -2.21. The molecule has 0 atom stereocenters. The van der Waals surface area contributed by atoms with Gasteiger partial charge in [0.25, 0.3) is 0 Å². The predicted octanol–water partition coefficient (Wildman–Crippen LogP) is 2.87. The summed E-state index contributed by atoms with van der Waals surface area (Å²) >= 11 is 0. The highest BCUT2D eigenvalue weighted by Gasteiger charge is 2.02. The van der Waals surface area contributed by atoms with Gasteiger partial charge in [-0.1, -0.05) is 20.4 Å². The van der Waals surface area contributed by atoms with Crippen molar-refractivity contribution in [3.63, 3.8) is 0 Å². The standard InChI is InChI=1S/C13H28N2/c1-11(2)13(5)14-9-7-8-10-15(6)12(3)4/h11-12,14H,5,7-10H2,1-4,6H3. The van der Waals surface area contributed by atoms with Crippen molar-refractivity contribution < 1.29 is 0 Å². The summed E-state index contributed by atoms with van der Waals surface area (Å²) in [7, 11) is 2.19. The highest BCUT2D eigenvalue weighted by atomic mass is 15.1. The summed E-state index contributed by atoms with van der Waals surface area (Å²) < 4.78 is 0. The molecule has 0 aromatic heterocycles. The van der Waals surface area contributed by atoms with Crippen molar-refractivity contribution >= 4 is 0 Å². The Kier molecular flexibility index (Phi) is 7.49. The Bertz CT molecular complexity index is 173. The molecule has 0 unspecified atom stereocenters. The molecule has 0 bridgehead atoms. The van der Waals surface area contributed by atoms with Crippen molar-refractivity contribution in [1.29, 1.82) is 0 Å². The molecule has 0 aliphatic heterocycles. The van der Waals surface area contributed by atoms with Gasteiger partial charge in [-0.15, -0.1) is 0 Å². The second-order valence-electron chi connectivity index (χ2n) is 4.89. The number of nitrogens with one attached hydrogen (secondary N) is 1. The van der Waals surface area contributed by atoms with Crippen LogP contribution >= 0.6 is 0 Å². The van der Waals surface area contributed by atoms with Crippen LogP contribution in [-0.4, -0.2) is 31.1 Å². The summed E-state index contributed by atoms with van der Waals surface area (Å²) in [4.78, 5) is 2.39. The van der Waals surface area contributed by atoms with E-state index in [-0.39, 0.29) is 0 Å². The van der Waals surface area contributed by atoms with Crippen LogP contribution in [0.4, 0.5) is 0 Å². The number of unbranched alkanes of at least 4 members (excludes halogenated alkanes) is 1. The smallest absolute Gasteiger partial charge is 0.0144 e. The Balaban J connectivity index is 3.36. The Hall–Kier alpha value is -0.500. The molecule has 0 aliphatic rings. The summed E-state index contributed by atoms with van der Waals surface area (Å²) in [5.74, 6) is 0.545. The first-order valence-electron chi connectivity index (χ1n) is 6.08. The average Bonchev–Trinajstić information content (AvgIpc) is 2.16. The van der Waals surface area contributed by atoms with Gasteiger partial charge in [0.2, 0.25) is 0 Å². The van der Waals surface area contributed by atoms with Crippen molar-refractivity contribution in [3.8, 4) is 0 Å². The van der Waals surface area contributed by atoms with Gasteiger partial charge >= 0.3 is 0 Å². The maximum absolute atomic E-state index is 3.99. The molecule has 0 rings (SSSR count). The lowest BCUT2D eigenvalue weighted by atomic mass is 10.1. The van der Waals surface area contributed by atoms with Crippen molar-refractivity contribution in [2.45, 2.75) is 46.6 Å². The van der Waals surface area contributed by atoms with E-state index in [9.17, 15) is 0 Å². The van der Waals surface area contributed by atoms with Crippen LogP contribution in [0.25, 0.3) is 0 Å². The van der Waals surface area contributed by atoms with Crippen molar-refractivity contribution in [1.82, 2.24) is 10.2 Å². The molecule has 0 radical (unpaired) electrons. The number of hydrogen-bond donors (Lipinski definition) is 1. The second kappa shape index (κ2) is 7.75. The molecule has 0 saturated heterocycles. The van der Waals surface area contributed by atoms with E-state index in [1.54, 1.807) is 0 Å². The molecule has 90 valence electrons. The third kappa shape index (κ3) is 7.43. The summed E-state index contributed by atoms with van der Waals surface area (Å²) in [6.45, 7) is 15.0. The van der Waals surface area contributed by atoms with Crippen molar-refractivity contribution in [2.24, 2.45) is 5.92 Å². The molecule has 0 aliphatic carbocycles. The summed E-state index contributed by atoms with van der Waals surface area (Å²) in [5, 5.41) is 3.37. The number of rotatable bonds is 8. The molecule has 0 spiro atoms. The quantitative estimate of drug-likeness (QED) is 0.622. The van der Waals surface area contributed by atoms with Crippen LogP contribution in [0.3, 0.4) is 0 Å². The Morgan fingerprint density at radius 3 is 2.27 bits per heavy atom. The van der Waals surface area contributed by atoms with Crippen molar-refractivity contribution in [2.75, 3.05) is 20.1 Å². The normalized spacial score (nSPS) is 11.5. The van der Waals surface area contributed by atoms with Crippen LogP contribution in [0.2, 0.25) is 0 Å². The zero-order valence-corrected chi connectivity index (χ0v) is 11.1. The highest BCUT2D eigenvalue weighted by molar-refractivity contribution is 4.93. The average molecular weight is 212 g/mol. The van der Waals surface area contributed by atoms with Gasteiger partial charge in [0.05, 0.1) is 0 Å². The Morgan fingerprint density at radius 1 is 1.20 bits per heavy atom. The maximum Gasteiger partial charge on any atom is 0.0144 e. The number of hydrogen-bond acceptors (Lipinski definition) is 2. The van der Waals surface area contributed by atoms with Crippen molar-refractivity contribution in [3.05, 3.63) is 12.3 Å². The topological polar surface area (TPSA) is 15.3 Å². The fourth-order valence-electron chi connectivity index (χ4n) is 1.20. The molecule has 0 fully saturated rings. The van der Waals surface area contributed by atoms with Gasteiger partial charge in [0.1, 0.15) is 0 Å². The van der Waals surface area contributed by atoms with E-state index in [1.807, 2.05) is 0 Å². The molecular formula is C13H28N2. The maximum atomic E-state index is 3.99. The van der Waals surface area contributed by atoms with Gasteiger partial charge in [-0.2, -0.15) is 0 Å². The zero-order valence-electron chi connectivity index (χ0n) is 11.1. The molecular weight excluding hydrogens is 184 g/mol. The highest BCUT2D eigenvalue weighted by Crippen LogP contribution is 2.03. The van der Waals surface area contributed by atoms with E-state index in [2.05, 4.69) is 51.5 Å². The minimum absolute atomic E-state index is 0.545. The van der Waals surface area contributed by atoms with Gasteiger partial charge in [-0.05, 0) is 46.2 Å². The number of nitrogens with zero attached hydrogens (tertiary/aromatic N) is 1. The monoisotopic (exact) mass is 212 g/mol. The van der Waals surface area contributed by atoms with E-state index < -0.39 is 0 Å². The third-order valence-corrected chi connectivity index (χ3v) is 2.87. The SMILES string of the molecule is C=C(NCCCCN(C)C(C)C)C(C)C. The molecule has 0 aromatic carbocycles. The van der Waals surface area contributed by atoms with Crippen LogP contribution < -0.4 is 5.32 Å². The first kappa shape index (κ1) is 14.5. The third-order valence-electron chi connectivity index (χ3n) is 2.87. The lowest BCUT2D eigenvalue weighted by molar-refractivity contribution is 0.268. The molecule has 0 heterocycles. The van der Waals surface area contributed by atoms with Crippen LogP contribution in [0.1, 0.15) is 40.5 Å².